The number of hydrogen-bond donors (Lipinski definition) is 1. The molecule has 1 unspecified atom stereocenters. The number of carbonyl (C=O) groups is 1. The zero-order valence-electron chi connectivity index (χ0n) is 12.8. The molecular formula is C16H23N3O3. The average Bonchev–Trinajstić information content (AvgIpc) is 3.27. The van der Waals surface area contributed by atoms with Gasteiger partial charge in [-0.25, -0.2) is 0 Å². The molecule has 0 saturated carbocycles. The van der Waals surface area contributed by atoms with Gasteiger partial charge in [-0.15, -0.1) is 0 Å². The number of H-pyrrole nitrogens is 1. The Morgan fingerprint density at radius 3 is 2.91 bits per heavy atom. The van der Waals surface area contributed by atoms with Crippen LogP contribution in [0.3, 0.4) is 0 Å². The van der Waals surface area contributed by atoms with Crippen molar-refractivity contribution in [2.45, 2.75) is 57.3 Å². The first-order chi connectivity index (χ1) is 10.8. The number of amides is 1. The average molecular weight is 305 g/mol. The van der Waals surface area contributed by atoms with Crippen LogP contribution >= 0.6 is 0 Å². The maximum absolute atomic E-state index is 12.7. The number of nitrogens with one attached hydrogen (secondary N) is 1. The lowest BCUT2D eigenvalue weighted by Gasteiger charge is -2.28. The molecule has 1 amide bonds. The van der Waals surface area contributed by atoms with Crippen molar-refractivity contribution in [1.29, 1.82) is 0 Å². The quantitative estimate of drug-likeness (QED) is 0.911. The minimum atomic E-state index is -0.237. The highest BCUT2D eigenvalue weighted by Crippen LogP contribution is 2.27. The predicted octanol–water partition coefficient (Wildman–Crippen LogP) is 1.19. The Bertz CT molecular complexity index is 551. The second-order valence-electron chi connectivity index (χ2n) is 6.42. The van der Waals surface area contributed by atoms with Gasteiger partial charge in [0.1, 0.15) is 0 Å². The Balaban J connectivity index is 1.46. The summed E-state index contributed by atoms with van der Waals surface area (Å²) in [5.74, 6) is 0.154. The Kier molecular flexibility index (Phi) is 3.88. The van der Waals surface area contributed by atoms with Gasteiger partial charge in [0.15, 0.2) is 6.29 Å². The van der Waals surface area contributed by atoms with Crippen molar-refractivity contribution in [2.24, 2.45) is 0 Å². The molecule has 3 heterocycles. The number of nitrogens with zero attached hydrogens (tertiary/aromatic N) is 2. The summed E-state index contributed by atoms with van der Waals surface area (Å²) in [5.41, 5.74) is 3.46. The van der Waals surface area contributed by atoms with E-state index >= 15 is 0 Å². The second kappa shape index (κ2) is 6.01. The fourth-order valence-corrected chi connectivity index (χ4v) is 3.92. The van der Waals surface area contributed by atoms with Crippen molar-refractivity contribution in [3.63, 3.8) is 0 Å². The third-order valence-corrected chi connectivity index (χ3v) is 5.04. The van der Waals surface area contributed by atoms with Crippen LogP contribution in [0.2, 0.25) is 0 Å². The Labute approximate surface area is 130 Å². The Morgan fingerprint density at radius 2 is 2.05 bits per heavy atom. The van der Waals surface area contributed by atoms with Crippen molar-refractivity contribution in [3.8, 4) is 0 Å². The van der Waals surface area contributed by atoms with Crippen molar-refractivity contribution in [1.82, 2.24) is 15.1 Å². The number of aromatic amines is 1. The molecule has 1 aromatic heterocycles. The fourth-order valence-electron chi connectivity index (χ4n) is 3.92. The molecule has 0 spiro atoms. The molecule has 1 aliphatic carbocycles. The minimum absolute atomic E-state index is 0.0739. The largest absolute Gasteiger partial charge is 0.348 e. The van der Waals surface area contributed by atoms with Gasteiger partial charge < -0.3 is 14.4 Å². The summed E-state index contributed by atoms with van der Waals surface area (Å²) in [6, 6.07) is 0.0739. The van der Waals surface area contributed by atoms with Gasteiger partial charge in [-0.3, -0.25) is 9.89 Å². The Morgan fingerprint density at radius 1 is 1.23 bits per heavy atom. The molecule has 1 aromatic rings. The SMILES string of the molecule is O=C(Cc1n[nH]c2c1CCCC2)N1CCCC1C1OCCO1. The van der Waals surface area contributed by atoms with E-state index < -0.39 is 0 Å². The van der Waals surface area contributed by atoms with Gasteiger partial charge in [0.05, 0.1) is 31.4 Å². The monoisotopic (exact) mass is 305 g/mol. The topological polar surface area (TPSA) is 67.5 Å². The fraction of sp³-hybridized carbons (Fsp3) is 0.750. The van der Waals surface area contributed by atoms with E-state index in [1.807, 2.05) is 4.90 Å². The van der Waals surface area contributed by atoms with E-state index in [0.717, 1.165) is 37.9 Å². The number of hydrogen-bond acceptors (Lipinski definition) is 4. The lowest BCUT2D eigenvalue weighted by Crippen LogP contribution is -2.44. The van der Waals surface area contributed by atoms with Crippen LogP contribution in [0.15, 0.2) is 0 Å². The standard InChI is InChI=1S/C16H23N3O3/c20-15(10-13-11-4-1-2-5-12(11)17-18-13)19-7-3-6-14(19)16-21-8-9-22-16/h14,16H,1-10H2,(H,17,18). The molecule has 1 atom stereocenters. The van der Waals surface area contributed by atoms with Crippen molar-refractivity contribution in [2.75, 3.05) is 19.8 Å². The van der Waals surface area contributed by atoms with E-state index in [0.29, 0.717) is 19.6 Å². The normalized spacial score (nSPS) is 25.6. The molecule has 120 valence electrons. The van der Waals surface area contributed by atoms with Gasteiger partial charge in [-0.1, -0.05) is 0 Å². The van der Waals surface area contributed by atoms with Crippen molar-refractivity contribution >= 4 is 5.91 Å². The van der Waals surface area contributed by atoms with Gasteiger partial charge in [0.2, 0.25) is 5.91 Å². The summed E-state index contributed by atoms with van der Waals surface area (Å²) < 4.78 is 11.2. The number of aromatic nitrogens is 2. The molecule has 6 nitrogen and oxygen atoms in total. The number of aryl methyl sites for hydroxylation is 1. The maximum atomic E-state index is 12.7. The first-order valence-electron chi connectivity index (χ1n) is 8.40. The second-order valence-corrected chi connectivity index (χ2v) is 6.42. The van der Waals surface area contributed by atoms with Crippen LogP contribution in [0.5, 0.6) is 0 Å². The molecule has 0 radical (unpaired) electrons. The molecule has 3 aliphatic rings. The molecular weight excluding hydrogens is 282 g/mol. The predicted molar refractivity (Wildman–Crippen MR) is 79.4 cm³/mol. The lowest BCUT2D eigenvalue weighted by atomic mass is 9.95. The molecule has 0 aromatic carbocycles. The molecule has 1 N–H and O–H groups in total. The van der Waals surface area contributed by atoms with E-state index in [-0.39, 0.29) is 18.2 Å². The molecule has 0 bridgehead atoms. The maximum Gasteiger partial charge on any atom is 0.229 e. The van der Waals surface area contributed by atoms with Crippen LogP contribution in [0.1, 0.15) is 42.6 Å². The summed E-state index contributed by atoms with van der Waals surface area (Å²) in [6.45, 7) is 2.07. The summed E-state index contributed by atoms with van der Waals surface area (Å²) in [6.07, 6.45) is 6.68. The summed E-state index contributed by atoms with van der Waals surface area (Å²) >= 11 is 0. The highest BCUT2D eigenvalue weighted by atomic mass is 16.7. The van der Waals surface area contributed by atoms with Crippen LogP contribution in [0.4, 0.5) is 0 Å². The van der Waals surface area contributed by atoms with Crippen LogP contribution in [0.25, 0.3) is 0 Å². The minimum Gasteiger partial charge on any atom is -0.348 e. The molecule has 2 aliphatic heterocycles. The lowest BCUT2D eigenvalue weighted by molar-refractivity contribution is -0.142. The highest BCUT2D eigenvalue weighted by molar-refractivity contribution is 5.79. The first kappa shape index (κ1) is 14.2. The van der Waals surface area contributed by atoms with Crippen molar-refractivity contribution in [3.05, 3.63) is 17.0 Å². The van der Waals surface area contributed by atoms with Crippen LogP contribution < -0.4 is 0 Å². The number of rotatable bonds is 3. The first-order valence-corrected chi connectivity index (χ1v) is 8.40. The van der Waals surface area contributed by atoms with Gasteiger partial charge in [-0.2, -0.15) is 5.10 Å². The van der Waals surface area contributed by atoms with E-state index in [2.05, 4.69) is 10.2 Å². The summed E-state index contributed by atoms with van der Waals surface area (Å²) in [7, 11) is 0. The van der Waals surface area contributed by atoms with Gasteiger partial charge in [0.25, 0.3) is 0 Å². The van der Waals surface area contributed by atoms with Crippen LogP contribution in [-0.2, 0) is 33.5 Å². The van der Waals surface area contributed by atoms with E-state index in [9.17, 15) is 4.79 Å². The van der Waals surface area contributed by atoms with Crippen LogP contribution in [-0.4, -0.2) is 53.1 Å². The smallest absolute Gasteiger partial charge is 0.229 e. The molecule has 4 rings (SSSR count). The van der Waals surface area contributed by atoms with E-state index in [1.54, 1.807) is 0 Å². The summed E-state index contributed by atoms with van der Waals surface area (Å²) in [5, 5.41) is 7.52. The molecule has 6 heteroatoms. The van der Waals surface area contributed by atoms with Gasteiger partial charge in [0, 0.05) is 12.2 Å². The highest BCUT2D eigenvalue weighted by Gasteiger charge is 2.38. The number of carbonyl (C=O) groups excluding carboxylic acids is 1. The van der Waals surface area contributed by atoms with E-state index in [4.69, 9.17) is 9.47 Å². The third kappa shape index (κ3) is 2.54. The Hall–Kier alpha value is -1.40. The number of ether oxygens (including phenoxy) is 2. The van der Waals surface area contributed by atoms with Gasteiger partial charge >= 0.3 is 0 Å². The van der Waals surface area contributed by atoms with Crippen molar-refractivity contribution < 1.29 is 14.3 Å². The molecule has 2 fully saturated rings. The van der Waals surface area contributed by atoms with Gasteiger partial charge in [-0.05, 0) is 44.1 Å². The summed E-state index contributed by atoms with van der Waals surface area (Å²) in [4.78, 5) is 14.7. The van der Waals surface area contributed by atoms with E-state index in [1.165, 1.54) is 24.1 Å². The van der Waals surface area contributed by atoms with Crippen LogP contribution in [0, 0.1) is 0 Å². The number of likely N-dealkylation sites (tertiary alicyclic amines) is 1. The zero-order chi connectivity index (χ0) is 14.9. The zero-order valence-corrected chi connectivity index (χ0v) is 12.8. The molecule has 22 heavy (non-hydrogen) atoms. The number of fused-ring (bicyclic) bond motifs is 1. The molecule has 2 saturated heterocycles. The third-order valence-electron chi connectivity index (χ3n) is 5.04.